The maximum absolute atomic E-state index is 12.5. The predicted molar refractivity (Wildman–Crippen MR) is 71.8 cm³/mol. The van der Waals surface area contributed by atoms with E-state index in [1.165, 1.54) is 0 Å². The van der Waals surface area contributed by atoms with Crippen molar-refractivity contribution in [1.82, 2.24) is 0 Å². The summed E-state index contributed by atoms with van der Waals surface area (Å²) in [6, 6.07) is 13.2. The zero-order valence-electron chi connectivity index (χ0n) is 10.4. The van der Waals surface area contributed by atoms with E-state index in [0.717, 1.165) is 11.5 Å². The molecule has 0 N–H and O–H groups in total. The Labute approximate surface area is 116 Å². The molecule has 0 bridgehead atoms. The molecule has 0 spiro atoms. The molecule has 100 valence electrons. The molecule has 0 unspecified atom stereocenters. The number of hydrogen-bond donors (Lipinski definition) is 0. The summed E-state index contributed by atoms with van der Waals surface area (Å²) in [5.41, 5.74) is 0.711. The predicted octanol–water partition coefficient (Wildman–Crippen LogP) is 2.61. The first-order valence-electron chi connectivity index (χ1n) is 6.14. The van der Waals surface area contributed by atoms with E-state index >= 15 is 0 Å². The molecule has 2 aliphatic heterocycles. The number of benzene rings is 2. The lowest BCUT2D eigenvalue weighted by molar-refractivity contribution is 0.325. The van der Waals surface area contributed by atoms with Crippen LogP contribution in [0.4, 0.5) is 0 Å². The summed E-state index contributed by atoms with van der Waals surface area (Å²) in [5.74, 6) is 2.19. The molecule has 0 fully saturated rings. The van der Waals surface area contributed by atoms with Gasteiger partial charge in [0.15, 0.2) is 11.5 Å². The van der Waals surface area contributed by atoms with Gasteiger partial charge in [-0.25, -0.2) is 8.42 Å². The molecule has 0 aliphatic carbocycles. The molecule has 20 heavy (non-hydrogen) atoms. The van der Waals surface area contributed by atoms with Gasteiger partial charge in [0.1, 0.15) is 12.4 Å². The number of sulfone groups is 1. The minimum Gasteiger partial charge on any atom is -0.485 e. The van der Waals surface area contributed by atoms with Crippen molar-refractivity contribution in [2.75, 3.05) is 6.61 Å². The van der Waals surface area contributed by atoms with E-state index in [1.54, 1.807) is 48.5 Å². The quantitative estimate of drug-likeness (QED) is 0.851. The number of ether oxygens (including phenoxy) is 2. The fourth-order valence-electron chi connectivity index (χ4n) is 2.26. The molecule has 0 atom stereocenters. The molecule has 0 aromatic heterocycles. The minimum atomic E-state index is -3.51. The van der Waals surface area contributed by atoms with Gasteiger partial charge in [0.2, 0.25) is 9.84 Å². The van der Waals surface area contributed by atoms with Crippen LogP contribution in [0.25, 0.3) is 5.76 Å². The highest BCUT2D eigenvalue weighted by Gasteiger charge is 2.35. The average molecular weight is 286 g/mol. The third kappa shape index (κ3) is 1.63. The van der Waals surface area contributed by atoms with E-state index < -0.39 is 9.84 Å². The Morgan fingerprint density at radius 2 is 1.75 bits per heavy atom. The smallest absolute Gasteiger partial charge is 0.206 e. The largest absolute Gasteiger partial charge is 0.485 e. The zero-order chi connectivity index (χ0) is 13.7. The van der Waals surface area contributed by atoms with Crippen molar-refractivity contribution in [2.45, 2.75) is 9.79 Å². The summed E-state index contributed by atoms with van der Waals surface area (Å²) in [5, 5.41) is 0. The van der Waals surface area contributed by atoms with Crippen molar-refractivity contribution in [1.29, 1.82) is 0 Å². The van der Waals surface area contributed by atoms with Crippen molar-refractivity contribution in [3.63, 3.8) is 0 Å². The fourth-order valence-corrected chi connectivity index (χ4v) is 3.56. The van der Waals surface area contributed by atoms with Gasteiger partial charge in [-0.05, 0) is 30.3 Å². The van der Waals surface area contributed by atoms with E-state index in [2.05, 4.69) is 0 Å². The topological polar surface area (TPSA) is 55.9 Å². The van der Waals surface area contributed by atoms with Gasteiger partial charge >= 0.3 is 0 Å². The number of fused-ring (bicyclic) bond motifs is 2. The molecule has 2 heterocycles. The van der Waals surface area contributed by atoms with Gasteiger partial charge in [-0.15, -0.1) is 0 Å². The van der Waals surface area contributed by atoms with Crippen LogP contribution >= 0.6 is 0 Å². The van der Waals surface area contributed by atoms with E-state index in [0.29, 0.717) is 17.9 Å². The highest BCUT2D eigenvalue weighted by atomic mass is 32.2. The van der Waals surface area contributed by atoms with Crippen LogP contribution in [-0.2, 0) is 14.6 Å². The Morgan fingerprint density at radius 1 is 0.950 bits per heavy atom. The lowest BCUT2D eigenvalue weighted by Crippen LogP contribution is -2.05. The first-order valence-corrected chi connectivity index (χ1v) is 7.63. The lowest BCUT2D eigenvalue weighted by Gasteiger charge is -2.10. The Bertz CT molecular complexity index is 835. The van der Waals surface area contributed by atoms with Crippen LogP contribution in [0.3, 0.4) is 0 Å². The second-order valence-electron chi connectivity index (χ2n) is 4.62. The maximum Gasteiger partial charge on any atom is 0.206 e. The van der Waals surface area contributed by atoms with Crippen molar-refractivity contribution in [3.05, 3.63) is 59.9 Å². The van der Waals surface area contributed by atoms with Crippen molar-refractivity contribution in [2.24, 2.45) is 0 Å². The minimum absolute atomic E-state index is 0.246. The SMILES string of the molecule is O=S(=O)(c1ccccc1)c1ccc2c(c1)C1=C(CO2)O1. The Morgan fingerprint density at radius 3 is 2.55 bits per heavy atom. The zero-order valence-corrected chi connectivity index (χ0v) is 11.2. The summed E-state index contributed by atoms with van der Waals surface area (Å²) < 4.78 is 35.8. The number of hydrogen-bond acceptors (Lipinski definition) is 4. The fraction of sp³-hybridized carbons (Fsp3) is 0.0667. The normalized spacial score (nSPS) is 15.8. The molecular weight excluding hydrogens is 276 g/mol. The second kappa shape index (κ2) is 3.86. The van der Waals surface area contributed by atoms with Crippen LogP contribution in [0.2, 0.25) is 0 Å². The first kappa shape index (κ1) is 11.5. The molecule has 0 saturated heterocycles. The van der Waals surface area contributed by atoms with Crippen LogP contribution in [0.15, 0.2) is 64.1 Å². The highest BCUT2D eigenvalue weighted by Crippen LogP contribution is 2.45. The van der Waals surface area contributed by atoms with Gasteiger partial charge in [0, 0.05) is 0 Å². The van der Waals surface area contributed by atoms with E-state index in [4.69, 9.17) is 9.47 Å². The van der Waals surface area contributed by atoms with E-state index in [-0.39, 0.29) is 9.79 Å². The standard InChI is InChI=1S/C15H10O4S/c16-20(17,10-4-2-1-3-5-10)11-6-7-13-12(8-11)15-14(19-15)9-18-13/h1-8H,9H2. The van der Waals surface area contributed by atoms with Crippen LogP contribution in [0, 0.1) is 0 Å². The van der Waals surface area contributed by atoms with Crippen LogP contribution in [0.1, 0.15) is 5.56 Å². The Hall–Kier alpha value is -2.27. The molecule has 2 aromatic carbocycles. The Balaban J connectivity index is 1.85. The highest BCUT2D eigenvalue weighted by molar-refractivity contribution is 7.91. The van der Waals surface area contributed by atoms with Crippen molar-refractivity contribution >= 4 is 15.6 Å². The summed E-state index contributed by atoms with van der Waals surface area (Å²) >= 11 is 0. The maximum atomic E-state index is 12.5. The van der Waals surface area contributed by atoms with Gasteiger partial charge in [0.25, 0.3) is 0 Å². The molecule has 0 radical (unpaired) electrons. The first-order chi connectivity index (χ1) is 9.66. The molecule has 0 saturated carbocycles. The monoisotopic (exact) mass is 286 g/mol. The third-order valence-corrected chi connectivity index (χ3v) is 5.12. The molecule has 2 aromatic rings. The molecule has 5 heteroatoms. The molecule has 4 rings (SSSR count). The van der Waals surface area contributed by atoms with Gasteiger partial charge < -0.3 is 9.47 Å². The van der Waals surface area contributed by atoms with Gasteiger partial charge in [-0.3, -0.25) is 0 Å². The van der Waals surface area contributed by atoms with Crippen LogP contribution in [0.5, 0.6) is 5.75 Å². The molecule has 4 nitrogen and oxygen atoms in total. The average Bonchev–Trinajstić information content (AvgIpc) is 3.27. The van der Waals surface area contributed by atoms with Crippen LogP contribution < -0.4 is 4.74 Å². The molecule has 0 amide bonds. The van der Waals surface area contributed by atoms with Gasteiger partial charge in [0.05, 0.1) is 15.4 Å². The van der Waals surface area contributed by atoms with Gasteiger partial charge in [-0.2, -0.15) is 0 Å². The molecule has 2 aliphatic rings. The summed E-state index contributed by atoms with van der Waals surface area (Å²) in [7, 11) is -3.51. The summed E-state index contributed by atoms with van der Waals surface area (Å²) in [6.07, 6.45) is 0. The summed E-state index contributed by atoms with van der Waals surface area (Å²) in [4.78, 5) is 0.526. The van der Waals surface area contributed by atoms with E-state index in [9.17, 15) is 8.42 Å². The van der Waals surface area contributed by atoms with Crippen LogP contribution in [-0.4, -0.2) is 15.0 Å². The van der Waals surface area contributed by atoms with Gasteiger partial charge in [-0.1, -0.05) is 18.2 Å². The number of rotatable bonds is 2. The lowest BCUT2D eigenvalue weighted by atomic mass is 10.1. The third-order valence-electron chi connectivity index (χ3n) is 3.36. The second-order valence-corrected chi connectivity index (χ2v) is 6.57. The molecular formula is C15H10O4S. The van der Waals surface area contributed by atoms with Crippen molar-refractivity contribution < 1.29 is 17.9 Å². The summed E-state index contributed by atoms with van der Waals surface area (Å²) in [6.45, 7) is 0.424. The Kier molecular flexibility index (Phi) is 2.23. The van der Waals surface area contributed by atoms with Crippen molar-refractivity contribution in [3.8, 4) is 5.75 Å². The van der Waals surface area contributed by atoms with E-state index in [1.807, 2.05) is 0 Å².